The first-order valence-corrected chi connectivity index (χ1v) is 10.5. The number of aryl methyl sites for hydroxylation is 2. The van der Waals surface area contributed by atoms with Crippen LogP contribution in [0, 0.1) is 19.7 Å². The lowest BCUT2D eigenvalue weighted by Crippen LogP contribution is -2.37. The van der Waals surface area contributed by atoms with Gasteiger partial charge in [-0.05, 0) is 38.5 Å². The van der Waals surface area contributed by atoms with Crippen LogP contribution in [-0.4, -0.2) is 64.9 Å². The third-order valence-electron chi connectivity index (χ3n) is 5.78. The van der Waals surface area contributed by atoms with E-state index in [4.69, 9.17) is 4.74 Å². The Labute approximate surface area is 185 Å². The lowest BCUT2D eigenvalue weighted by Gasteiger charge is -2.23. The Morgan fingerprint density at radius 1 is 0.906 bits per heavy atom. The first-order valence-electron chi connectivity index (χ1n) is 10.5. The smallest absolute Gasteiger partial charge is 0.257 e. The van der Waals surface area contributed by atoms with E-state index in [1.54, 1.807) is 34.9 Å². The Balaban J connectivity index is 1.57. The molecule has 1 aliphatic rings. The van der Waals surface area contributed by atoms with Gasteiger partial charge in [0.05, 0.1) is 35.1 Å². The highest BCUT2D eigenvalue weighted by Gasteiger charge is 2.26. The molecule has 1 saturated heterocycles. The standard InChI is InChI=1S/C24H25FN4O3/c1-15-16(2)27-22-19(13-17(25)14-20(22)26-15)24(31)29-10-6-9-28(11-12-29)23(30)18-7-4-5-8-21(18)32-3/h4-5,7-8,13-14H,6,9-12H2,1-3H3. The number of nitrogens with zero attached hydrogens (tertiary/aromatic N) is 4. The lowest BCUT2D eigenvalue weighted by atomic mass is 10.1. The van der Waals surface area contributed by atoms with Crippen molar-refractivity contribution in [1.82, 2.24) is 19.8 Å². The van der Waals surface area contributed by atoms with Crippen molar-refractivity contribution in [2.45, 2.75) is 20.3 Å². The number of benzene rings is 2. The van der Waals surface area contributed by atoms with Crippen molar-refractivity contribution in [3.63, 3.8) is 0 Å². The minimum Gasteiger partial charge on any atom is -0.496 e. The zero-order valence-corrected chi connectivity index (χ0v) is 18.4. The quantitative estimate of drug-likeness (QED) is 0.629. The van der Waals surface area contributed by atoms with E-state index in [1.165, 1.54) is 19.2 Å². The van der Waals surface area contributed by atoms with Gasteiger partial charge >= 0.3 is 0 Å². The highest BCUT2D eigenvalue weighted by molar-refractivity contribution is 6.05. The van der Waals surface area contributed by atoms with Gasteiger partial charge in [0, 0.05) is 32.2 Å². The summed E-state index contributed by atoms with van der Waals surface area (Å²) in [5.74, 6) is -0.449. The molecule has 1 aromatic heterocycles. The van der Waals surface area contributed by atoms with Gasteiger partial charge in [0.15, 0.2) is 0 Å². The molecule has 7 nitrogen and oxygen atoms in total. The molecule has 1 aliphatic heterocycles. The summed E-state index contributed by atoms with van der Waals surface area (Å²) in [5.41, 5.74) is 2.83. The fraction of sp³-hybridized carbons (Fsp3) is 0.333. The number of amides is 2. The third kappa shape index (κ3) is 4.12. The largest absolute Gasteiger partial charge is 0.496 e. The molecule has 3 aromatic rings. The second kappa shape index (κ2) is 8.90. The van der Waals surface area contributed by atoms with Gasteiger partial charge in [-0.3, -0.25) is 9.59 Å². The molecular weight excluding hydrogens is 411 g/mol. The van der Waals surface area contributed by atoms with Crippen molar-refractivity contribution in [3.05, 3.63) is 64.7 Å². The monoisotopic (exact) mass is 436 g/mol. The number of carbonyl (C=O) groups is 2. The molecule has 0 saturated carbocycles. The van der Waals surface area contributed by atoms with Crippen molar-refractivity contribution in [3.8, 4) is 5.75 Å². The molecule has 32 heavy (non-hydrogen) atoms. The molecule has 0 N–H and O–H groups in total. The third-order valence-corrected chi connectivity index (χ3v) is 5.78. The molecule has 0 unspecified atom stereocenters. The molecule has 0 atom stereocenters. The molecule has 2 aromatic carbocycles. The number of para-hydroxylation sites is 1. The van der Waals surface area contributed by atoms with Gasteiger partial charge < -0.3 is 14.5 Å². The maximum Gasteiger partial charge on any atom is 0.257 e. The maximum absolute atomic E-state index is 14.3. The van der Waals surface area contributed by atoms with E-state index in [-0.39, 0.29) is 17.4 Å². The van der Waals surface area contributed by atoms with Crippen LogP contribution in [0.5, 0.6) is 5.75 Å². The Hall–Kier alpha value is -3.55. The maximum atomic E-state index is 14.3. The Kier molecular flexibility index (Phi) is 6.03. The highest BCUT2D eigenvalue weighted by atomic mass is 19.1. The Morgan fingerprint density at radius 2 is 1.53 bits per heavy atom. The van der Waals surface area contributed by atoms with Crippen LogP contribution in [0.4, 0.5) is 4.39 Å². The van der Waals surface area contributed by atoms with Gasteiger partial charge in [0.2, 0.25) is 0 Å². The van der Waals surface area contributed by atoms with E-state index in [0.29, 0.717) is 66.3 Å². The Bertz CT molecular complexity index is 1200. The van der Waals surface area contributed by atoms with Crippen LogP contribution < -0.4 is 4.74 Å². The minimum atomic E-state index is -0.527. The van der Waals surface area contributed by atoms with Crippen molar-refractivity contribution >= 4 is 22.8 Å². The zero-order chi connectivity index (χ0) is 22.8. The van der Waals surface area contributed by atoms with Gasteiger partial charge in [-0.25, -0.2) is 14.4 Å². The van der Waals surface area contributed by atoms with Gasteiger partial charge in [0.25, 0.3) is 11.8 Å². The van der Waals surface area contributed by atoms with Gasteiger partial charge in [0.1, 0.15) is 17.1 Å². The number of methoxy groups -OCH3 is 1. The summed E-state index contributed by atoms with van der Waals surface area (Å²) in [6, 6.07) is 9.60. The summed E-state index contributed by atoms with van der Waals surface area (Å²) in [5, 5.41) is 0. The van der Waals surface area contributed by atoms with Gasteiger partial charge in [-0.15, -0.1) is 0 Å². The van der Waals surface area contributed by atoms with Crippen molar-refractivity contribution in [2.24, 2.45) is 0 Å². The summed E-state index contributed by atoms with van der Waals surface area (Å²) >= 11 is 0. The first kappa shape index (κ1) is 21.7. The first-order chi connectivity index (χ1) is 15.4. The number of halogens is 1. The summed E-state index contributed by atoms with van der Waals surface area (Å²) in [6.07, 6.45) is 0.615. The van der Waals surface area contributed by atoms with Crippen molar-refractivity contribution in [1.29, 1.82) is 0 Å². The average Bonchev–Trinajstić information content (AvgIpc) is 3.05. The van der Waals surface area contributed by atoms with Crippen LogP contribution in [0.3, 0.4) is 0 Å². The molecule has 0 radical (unpaired) electrons. The molecule has 166 valence electrons. The van der Waals surface area contributed by atoms with Crippen molar-refractivity contribution in [2.75, 3.05) is 33.3 Å². The molecule has 0 spiro atoms. The number of fused-ring (bicyclic) bond motifs is 1. The van der Waals surface area contributed by atoms with Crippen molar-refractivity contribution < 1.29 is 18.7 Å². The summed E-state index contributed by atoms with van der Waals surface area (Å²) < 4.78 is 19.6. The van der Waals surface area contributed by atoms with Crippen LogP contribution in [0.25, 0.3) is 11.0 Å². The molecule has 4 rings (SSSR count). The summed E-state index contributed by atoms with van der Waals surface area (Å²) in [7, 11) is 1.53. The topological polar surface area (TPSA) is 75.6 Å². The van der Waals surface area contributed by atoms with Crippen LogP contribution in [-0.2, 0) is 0 Å². The van der Waals surface area contributed by atoms with E-state index in [1.807, 2.05) is 13.0 Å². The van der Waals surface area contributed by atoms with E-state index in [0.717, 1.165) is 0 Å². The predicted molar refractivity (Wildman–Crippen MR) is 118 cm³/mol. The lowest BCUT2D eigenvalue weighted by molar-refractivity contribution is 0.0717. The molecular formula is C24H25FN4O3. The fourth-order valence-electron chi connectivity index (χ4n) is 3.95. The van der Waals surface area contributed by atoms with Crippen LogP contribution in [0.2, 0.25) is 0 Å². The van der Waals surface area contributed by atoms with Gasteiger partial charge in [-0.1, -0.05) is 12.1 Å². The van der Waals surface area contributed by atoms with Gasteiger partial charge in [-0.2, -0.15) is 0 Å². The molecule has 8 heteroatoms. The second-order valence-electron chi connectivity index (χ2n) is 7.85. The molecule has 0 bridgehead atoms. The van der Waals surface area contributed by atoms with Crippen LogP contribution in [0.15, 0.2) is 36.4 Å². The number of carbonyl (C=O) groups excluding carboxylic acids is 2. The van der Waals surface area contributed by atoms with E-state index < -0.39 is 5.82 Å². The Morgan fingerprint density at radius 3 is 2.22 bits per heavy atom. The molecule has 2 amide bonds. The number of hydrogen-bond acceptors (Lipinski definition) is 5. The molecule has 1 fully saturated rings. The minimum absolute atomic E-state index is 0.134. The highest BCUT2D eigenvalue weighted by Crippen LogP contribution is 2.23. The van der Waals surface area contributed by atoms with E-state index in [9.17, 15) is 14.0 Å². The fourth-order valence-corrected chi connectivity index (χ4v) is 3.95. The number of ether oxygens (including phenoxy) is 1. The normalized spacial score (nSPS) is 14.4. The van der Waals surface area contributed by atoms with Crippen LogP contribution in [0.1, 0.15) is 38.5 Å². The summed E-state index contributed by atoms with van der Waals surface area (Å²) in [6.45, 7) is 5.31. The number of rotatable bonds is 3. The van der Waals surface area contributed by atoms with Crippen LogP contribution >= 0.6 is 0 Å². The van der Waals surface area contributed by atoms with E-state index in [2.05, 4.69) is 9.97 Å². The average molecular weight is 436 g/mol. The molecule has 2 heterocycles. The number of hydrogen-bond donors (Lipinski definition) is 0. The number of aromatic nitrogens is 2. The van der Waals surface area contributed by atoms with E-state index >= 15 is 0 Å². The SMILES string of the molecule is COc1ccccc1C(=O)N1CCCN(C(=O)c2cc(F)cc3nc(C)c(C)nc23)CC1. The predicted octanol–water partition coefficient (Wildman–Crippen LogP) is 3.38. The zero-order valence-electron chi connectivity index (χ0n) is 18.4. The summed E-state index contributed by atoms with van der Waals surface area (Å²) in [4.78, 5) is 38.6. The molecule has 0 aliphatic carbocycles. The second-order valence-corrected chi connectivity index (χ2v) is 7.85.